The Morgan fingerprint density at radius 2 is 1.21 bits per heavy atom. The van der Waals surface area contributed by atoms with Gasteiger partial charge in [0.1, 0.15) is 12.2 Å². The van der Waals surface area contributed by atoms with Gasteiger partial charge in [0.25, 0.3) is 0 Å². The summed E-state index contributed by atoms with van der Waals surface area (Å²) < 4.78 is 0. The summed E-state index contributed by atoms with van der Waals surface area (Å²) in [5.41, 5.74) is 10.4. The lowest BCUT2D eigenvalue weighted by molar-refractivity contribution is -0.138. The molecule has 0 heterocycles. The Kier molecular flexibility index (Phi) is 19.4. The summed E-state index contributed by atoms with van der Waals surface area (Å²) in [5, 5.41) is 36.8. The number of hydrogen-bond acceptors (Lipinski definition) is 6. The number of aliphatic carboxylic acids is 1. The molecule has 0 saturated heterocycles. The molecule has 224 valence electrons. The van der Waals surface area contributed by atoms with Gasteiger partial charge in [-0.3, -0.25) is 30.0 Å². The number of hydrogen-bond donors (Lipinski definition) is 10. The minimum absolute atomic E-state index is 0.0369. The van der Waals surface area contributed by atoms with Gasteiger partial charge in [-0.25, -0.2) is 0 Å². The second-order valence-corrected chi connectivity index (χ2v) is 9.67. The monoisotopic (exact) mass is 555 g/mol. The Bertz CT molecular complexity index is 794. The van der Waals surface area contributed by atoms with Crippen molar-refractivity contribution in [3.05, 3.63) is 0 Å². The van der Waals surface area contributed by atoms with E-state index in [0.717, 1.165) is 32.1 Å². The van der Waals surface area contributed by atoms with Crippen molar-refractivity contribution in [1.82, 2.24) is 26.6 Å². The molecular weight excluding hydrogens is 506 g/mol. The molecule has 0 aromatic heterocycles. The number of nitrogens with two attached hydrogens (primary N) is 2. The third kappa shape index (κ3) is 20.1. The fourth-order valence-electron chi connectivity index (χ4n) is 3.76. The van der Waals surface area contributed by atoms with E-state index in [2.05, 4.69) is 26.6 Å². The van der Waals surface area contributed by atoms with Crippen LogP contribution in [0.1, 0.15) is 90.9 Å². The molecule has 39 heavy (non-hydrogen) atoms. The molecule has 0 aliphatic heterocycles. The fraction of sp³-hybridized carbons (Fsp3) is 0.760. The molecule has 0 spiro atoms. The molecule has 0 aromatic carbocycles. The number of amides is 3. The first-order chi connectivity index (χ1) is 18.5. The lowest BCUT2D eigenvalue weighted by atomic mass is 9.97. The van der Waals surface area contributed by atoms with Crippen LogP contribution in [0.4, 0.5) is 0 Å². The van der Waals surface area contributed by atoms with E-state index in [-0.39, 0.29) is 42.5 Å². The minimum atomic E-state index is -1.18. The van der Waals surface area contributed by atoms with Crippen molar-refractivity contribution < 1.29 is 24.3 Å². The van der Waals surface area contributed by atoms with Crippen LogP contribution in [0.2, 0.25) is 0 Å². The first-order valence-electron chi connectivity index (χ1n) is 13.7. The predicted molar refractivity (Wildman–Crippen MR) is 150 cm³/mol. The molecule has 12 N–H and O–H groups in total. The molecule has 14 heteroatoms. The van der Waals surface area contributed by atoms with Gasteiger partial charge in [-0.15, -0.1) is 0 Å². The third-order valence-corrected chi connectivity index (χ3v) is 6.13. The first-order valence-corrected chi connectivity index (χ1v) is 13.7. The van der Waals surface area contributed by atoms with Gasteiger partial charge in [0.15, 0.2) is 11.9 Å². The highest BCUT2D eigenvalue weighted by Gasteiger charge is 2.28. The van der Waals surface area contributed by atoms with Crippen molar-refractivity contribution >= 4 is 35.6 Å². The van der Waals surface area contributed by atoms with Crippen molar-refractivity contribution in [2.45, 2.75) is 103 Å². The standard InChI is InChI=1S/C25H49N9O5/c1-3-17(2)22(34-20(36)13-9-11-15-31-25(28)29)23(39)33-18(16-21(37)38)32-19(35)12-8-6-4-5-7-10-14-30-24(26)27/h17-18,22H,3-16H2,1-2H3,(H,32,35)(H,33,39)(H,34,36)(H,37,38)(H4,26,27,30)(H4,28,29,31)/t17-,18+,22-/m1/s1. The van der Waals surface area contributed by atoms with E-state index in [9.17, 15) is 24.3 Å². The van der Waals surface area contributed by atoms with Crippen LogP contribution in [0, 0.1) is 16.7 Å². The van der Waals surface area contributed by atoms with Crippen molar-refractivity contribution in [2.75, 3.05) is 13.1 Å². The molecular formula is C25H49N9O5. The van der Waals surface area contributed by atoms with Crippen LogP contribution in [0.15, 0.2) is 0 Å². The largest absolute Gasteiger partial charge is 0.481 e. The summed E-state index contributed by atoms with van der Waals surface area (Å²) >= 11 is 0. The lowest BCUT2D eigenvalue weighted by Gasteiger charge is -2.27. The van der Waals surface area contributed by atoms with Crippen LogP contribution in [0.5, 0.6) is 0 Å². The number of nitrogens with one attached hydrogen (secondary N) is 7. The zero-order valence-corrected chi connectivity index (χ0v) is 23.4. The first kappa shape index (κ1) is 35.4. The van der Waals surface area contributed by atoms with Crippen molar-refractivity contribution in [2.24, 2.45) is 17.4 Å². The van der Waals surface area contributed by atoms with E-state index in [4.69, 9.17) is 22.3 Å². The van der Waals surface area contributed by atoms with Gasteiger partial charge in [0.2, 0.25) is 17.7 Å². The summed E-state index contributed by atoms with van der Waals surface area (Å²) in [4.78, 5) is 49.2. The molecule has 3 amide bonds. The summed E-state index contributed by atoms with van der Waals surface area (Å²) in [5.74, 6) is -2.78. The van der Waals surface area contributed by atoms with E-state index in [1.54, 1.807) is 0 Å². The van der Waals surface area contributed by atoms with Crippen LogP contribution >= 0.6 is 0 Å². The zero-order valence-electron chi connectivity index (χ0n) is 23.4. The van der Waals surface area contributed by atoms with Crippen molar-refractivity contribution in [3.63, 3.8) is 0 Å². The van der Waals surface area contributed by atoms with E-state index in [0.29, 0.717) is 38.8 Å². The van der Waals surface area contributed by atoms with E-state index >= 15 is 0 Å². The van der Waals surface area contributed by atoms with Crippen LogP contribution in [0.25, 0.3) is 0 Å². The Hall–Kier alpha value is -3.58. The Morgan fingerprint density at radius 1 is 0.744 bits per heavy atom. The molecule has 0 unspecified atom stereocenters. The van der Waals surface area contributed by atoms with Gasteiger partial charge in [-0.05, 0) is 31.6 Å². The van der Waals surface area contributed by atoms with Crippen LogP contribution in [-0.4, -0.2) is 66.0 Å². The van der Waals surface area contributed by atoms with Gasteiger partial charge >= 0.3 is 5.97 Å². The summed E-state index contributed by atoms with van der Waals surface area (Å²) in [6, 6.07) is -0.878. The second kappa shape index (κ2) is 21.4. The highest BCUT2D eigenvalue weighted by molar-refractivity contribution is 5.88. The fourth-order valence-corrected chi connectivity index (χ4v) is 3.76. The van der Waals surface area contributed by atoms with Crippen LogP contribution in [0.3, 0.4) is 0 Å². The minimum Gasteiger partial charge on any atom is -0.481 e. The Morgan fingerprint density at radius 3 is 1.72 bits per heavy atom. The second-order valence-electron chi connectivity index (χ2n) is 9.67. The predicted octanol–water partition coefficient (Wildman–Crippen LogP) is 0.418. The average molecular weight is 556 g/mol. The van der Waals surface area contributed by atoms with Crippen molar-refractivity contribution in [3.8, 4) is 0 Å². The van der Waals surface area contributed by atoms with E-state index < -0.39 is 30.5 Å². The summed E-state index contributed by atoms with van der Waals surface area (Å²) in [6.07, 6.45) is 5.90. The Labute approximate surface area is 231 Å². The number of guanidine groups is 2. The van der Waals surface area contributed by atoms with Gasteiger partial charge in [-0.2, -0.15) is 0 Å². The van der Waals surface area contributed by atoms with E-state index in [1.165, 1.54) is 0 Å². The zero-order chi connectivity index (χ0) is 29.6. The molecule has 0 aromatic rings. The van der Waals surface area contributed by atoms with Gasteiger partial charge in [0, 0.05) is 25.9 Å². The number of carbonyl (C=O) groups excluding carboxylic acids is 3. The molecule has 0 bridgehead atoms. The maximum absolute atomic E-state index is 13.0. The molecule has 14 nitrogen and oxygen atoms in total. The van der Waals surface area contributed by atoms with Crippen LogP contribution in [-0.2, 0) is 19.2 Å². The number of carboxylic acid groups (broad SMARTS) is 1. The normalized spacial score (nSPS) is 12.9. The maximum atomic E-state index is 13.0. The smallest absolute Gasteiger partial charge is 0.307 e. The summed E-state index contributed by atoms with van der Waals surface area (Å²) in [7, 11) is 0. The molecule has 0 aliphatic carbocycles. The molecule has 3 atom stereocenters. The average Bonchev–Trinajstić information content (AvgIpc) is 2.84. The highest BCUT2D eigenvalue weighted by atomic mass is 16.4. The number of carboxylic acids is 1. The topological polar surface area (TPSA) is 248 Å². The molecule has 0 fully saturated rings. The Balaban J connectivity index is 4.66. The van der Waals surface area contributed by atoms with E-state index in [1.807, 2.05) is 13.8 Å². The van der Waals surface area contributed by atoms with Gasteiger partial charge in [-0.1, -0.05) is 46.0 Å². The highest BCUT2D eigenvalue weighted by Crippen LogP contribution is 2.10. The van der Waals surface area contributed by atoms with Gasteiger partial charge in [0.05, 0.1) is 6.42 Å². The van der Waals surface area contributed by atoms with Gasteiger partial charge < -0.3 is 43.2 Å². The quantitative estimate of drug-likeness (QED) is 0.0384. The molecule has 0 aliphatic rings. The number of rotatable bonds is 22. The molecule has 0 rings (SSSR count). The summed E-state index contributed by atoms with van der Waals surface area (Å²) in [6.45, 7) is 4.82. The maximum Gasteiger partial charge on any atom is 0.307 e. The SMILES string of the molecule is CC[C@@H](C)[C@@H](NC(=O)CCCCNC(=N)N)C(=O)N[C@@H](CC(=O)O)NC(=O)CCCCCCCCNC(=N)N. The lowest BCUT2D eigenvalue weighted by Crippen LogP contribution is -2.56. The van der Waals surface area contributed by atoms with Crippen LogP contribution < -0.4 is 38.1 Å². The number of carbonyl (C=O) groups is 4. The number of unbranched alkanes of at least 4 members (excludes halogenated alkanes) is 6. The van der Waals surface area contributed by atoms with Crippen molar-refractivity contribution in [1.29, 1.82) is 10.8 Å². The molecule has 0 saturated carbocycles. The molecule has 0 radical (unpaired) electrons. The third-order valence-electron chi connectivity index (χ3n) is 6.13.